The number of aryl methyl sites for hydroxylation is 2. The highest BCUT2D eigenvalue weighted by atomic mass is 16.5. The van der Waals surface area contributed by atoms with Gasteiger partial charge in [0.25, 0.3) is 5.91 Å². The van der Waals surface area contributed by atoms with Crippen LogP contribution in [0.5, 0.6) is 0 Å². The molecule has 0 atom stereocenters. The molecule has 1 aliphatic rings. The van der Waals surface area contributed by atoms with E-state index >= 15 is 0 Å². The van der Waals surface area contributed by atoms with Crippen LogP contribution in [0.1, 0.15) is 44.9 Å². The lowest BCUT2D eigenvalue weighted by Crippen LogP contribution is -2.26. The van der Waals surface area contributed by atoms with E-state index in [1.165, 1.54) is 19.3 Å². The number of carbonyl (C=O) groups is 3. The maximum absolute atomic E-state index is 12.2. The lowest BCUT2D eigenvalue weighted by molar-refractivity contribution is -0.134. The van der Waals surface area contributed by atoms with Gasteiger partial charge in [-0.2, -0.15) is 0 Å². The first-order chi connectivity index (χ1) is 10.0. The normalized spacial score (nSPS) is 14.1. The molecule has 1 heterocycles. The fourth-order valence-electron chi connectivity index (χ4n) is 2.48. The van der Waals surface area contributed by atoms with E-state index in [9.17, 15) is 14.4 Å². The standard InChI is InChI=1S/C15H18N2O4/c1-9-13(14-10(17-9)5-3-6-11(14)18)15(20)16-8-4-7-12(19)21-2/h4,7,17H,3,5-6,8H2,1-2H3,(H,16,20)/b7-4+. The Morgan fingerprint density at radius 1 is 1.38 bits per heavy atom. The summed E-state index contributed by atoms with van der Waals surface area (Å²) in [6, 6.07) is 0. The summed E-state index contributed by atoms with van der Waals surface area (Å²) in [5.74, 6) is -0.778. The van der Waals surface area contributed by atoms with E-state index in [4.69, 9.17) is 0 Å². The molecule has 21 heavy (non-hydrogen) atoms. The molecule has 1 aliphatic carbocycles. The van der Waals surface area contributed by atoms with Gasteiger partial charge in [0.05, 0.1) is 18.2 Å². The largest absolute Gasteiger partial charge is 0.466 e. The van der Waals surface area contributed by atoms with E-state index in [-0.39, 0.29) is 18.2 Å². The Labute approximate surface area is 122 Å². The molecule has 6 heteroatoms. The predicted octanol–water partition coefficient (Wildman–Crippen LogP) is 1.30. The van der Waals surface area contributed by atoms with Gasteiger partial charge in [-0.25, -0.2) is 4.79 Å². The van der Waals surface area contributed by atoms with E-state index in [1.54, 1.807) is 6.92 Å². The number of methoxy groups -OCH3 is 1. The molecule has 1 aromatic rings. The highest BCUT2D eigenvalue weighted by molar-refractivity contribution is 6.10. The zero-order valence-electron chi connectivity index (χ0n) is 12.1. The molecule has 1 aromatic heterocycles. The summed E-state index contributed by atoms with van der Waals surface area (Å²) in [6.45, 7) is 1.98. The summed E-state index contributed by atoms with van der Waals surface area (Å²) in [5.41, 5.74) is 2.48. The van der Waals surface area contributed by atoms with Crippen molar-refractivity contribution in [2.24, 2.45) is 0 Å². The summed E-state index contributed by atoms with van der Waals surface area (Å²) in [5, 5.41) is 2.67. The number of ketones is 1. The molecule has 112 valence electrons. The smallest absolute Gasteiger partial charge is 0.330 e. The number of rotatable bonds is 4. The number of hydrogen-bond acceptors (Lipinski definition) is 4. The minimum absolute atomic E-state index is 0.0100. The van der Waals surface area contributed by atoms with Gasteiger partial charge in [0, 0.05) is 30.4 Å². The van der Waals surface area contributed by atoms with Crippen LogP contribution in [0.15, 0.2) is 12.2 Å². The number of aromatic nitrogens is 1. The van der Waals surface area contributed by atoms with Crippen LogP contribution in [-0.2, 0) is 16.0 Å². The highest BCUT2D eigenvalue weighted by Crippen LogP contribution is 2.26. The Morgan fingerprint density at radius 3 is 2.86 bits per heavy atom. The molecule has 2 rings (SSSR count). The molecule has 0 unspecified atom stereocenters. The fraction of sp³-hybridized carbons (Fsp3) is 0.400. The SMILES string of the molecule is COC(=O)/C=C/CNC(=O)c1c(C)[nH]c2c1C(=O)CCC2. The molecule has 0 saturated heterocycles. The zero-order chi connectivity index (χ0) is 15.4. The van der Waals surface area contributed by atoms with Gasteiger partial charge in [0.15, 0.2) is 5.78 Å². The first-order valence-corrected chi connectivity index (χ1v) is 6.82. The van der Waals surface area contributed by atoms with Crippen molar-refractivity contribution in [3.8, 4) is 0 Å². The molecule has 0 aromatic carbocycles. The monoisotopic (exact) mass is 290 g/mol. The van der Waals surface area contributed by atoms with E-state index < -0.39 is 5.97 Å². The van der Waals surface area contributed by atoms with Gasteiger partial charge in [-0.15, -0.1) is 0 Å². The van der Waals surface area contributed by atoms with Gasteiger partial charge >= 0.3 is 5.97 Å². The first-order valence-electron chi connectivity index (χ1n) is 6.82. The third-order valence-electron chi connectivity index (χ3n) is 3.44. The highest BCUT2D eigenvalue weighted by Gasteiger charge is 2.27. The number of nitrogens with one attached hydrogen (secondary N) is 2. The second-order valence-corrected chi connectivity index (χ2v) is 4.89. The average Bonchev–Trinajstić information content (AvgIpc) is 2.80. The number of esters is 1. The van der Waals surface area contributed by atoms with Crippen LogP contribution < -0.4 is 5.32 Å². The van der Waals surface area contributed by atoms with Gasteiger partial charge < -0.3 is 15.0 Å². The van der Waals surface area contributed by atoms with Gasteiger partial charge in [-0.1, -0.05) is 6.08 Å². The van der Waals surface area contributed by atoms with E-state index in [0.717, 1.165) is 18.5 Å². The van der Waals surface area contributed by atoms with Crippen molar-refractivity contribution >= 4 is 17.7 Å². The van der Waals surface area contributed by atoms with Gasteiger partial charge in [0.1, 0.15) is 0 Å². The lowest BCUT2D eigenvalue weighted by Gasteiger charge is -2.11. The Morgan fingerprint density at radius 2 is 2.14 bits per heavy atom. The van der Waals surface area contributed by atoms with Crippen molar-refractivity contribution in [1.29, 1.82) is 0 Å². The number of Topliss-reactive ketones (excluding diaryl/α,β-unsaturated/α-hetero) is 1. The second kappa shape index (κ2) is 6.39. The van der Waals surface area contributed by atoms with Crippen LogP contribution in [0.4, 0.5) is 0 Å². The fourth-order valence-corrected chi connectivity index (χ4v) is 2.48. The number of carbonyl (C=O) groups excluding carboxylic acids is 3. The quantitative estimate of drug-likeness (QED) is 0.646. The number of hydrogen-bond donors (Lipinski definition) is 2. The number of aromatic amines is 1. The van der Waals surface area contributed by atoms with Crippen molar-refractivity contribution in [1.82, 2.24) is 10.3 Å². The molecule has 6 nitrogen and oxygen atoms in total. The third kappa shape index (κ3) is 3.21. The minimum Gasteiger partial charge on any atom is -0.466 e. The van der Waals surface area contributed by atoms with Crippen molar-refractivity contribution in [2.45, 2.75) is 26.2 Å². The number of ether oxygens (including phenoxy) is 1. The predicted molar refractivity (Wildman–Crippen MR) is 76.3 cm³/mol. The molecular weight excluding hydrogens is 272 g/mol. The average molecular weight is 290 g/mol. The molecule has 0 radical (unpaired) electrons. The topological polar surface area (TPSA) is 88.3 Å². The van der Waals surface area contributed by atoms with Crippen LogP contribution in [0.25, 0.3) is 0 Å². The second-order valence-electron chi connectivity index (χ2n) is 4.89. The summed E-state index contributed by atoms with van der Waals surface area (Å²) < 4.78 is 4.45. The van der Waals surface area contributed by atoms with Gasteiger partial charge in [0.2, 0.25) is 0 Å². The maximum atomic E-state index is 12.2. The molecular formula is C15H18N2O4. The molecule has 0 aliphatic heterocycles. The van der Waals surface area contributed by atoms with Crippen molar-refractivity contribution in [3.05, 3.63) is 34.7 Å². The van der Waals surface area contributed by atoms with Crippen molar-refractivity contribution < 1.29 is 19.1 Å². The summed E-state index contributed by atoms with van der Waals surface area (Å²) in [6.07, 6.45) is 4.82. The molecule has 0 spiro atoms. The summed E-state index contributed by atoms with van der Waals surface area (Å²) in [4.78, 5) is 38.3. The summed E-state index contributed by atoms with van der Waals surface area (Å²) in [7, 11) is 1.28. The summed E-state index contributed by atoms with van der Waals surface area (Å²) >= 11 is 0. The Kier molecular flexibility index (Phi) is 4.57. The van der Waals surface area contributed by atoms with Crippen molar-refractivity contribution in [3.63, 3.8) is 0 Å². The van der Waals surface area contributed by atoms with Crippen LogP contribution >= 0.6 is 0 Å². The number of H-pyrrole nitrogens is 1. The Hall–Kier alpha value is -2.37. The van der Waals surface area contributed by atoms with E-state index in [1.807, 2.05) is 0 Å². The van der Waals surface area contributed by atoms with Crippen LogP contribution in [-0.4, -0.2) is 36.3 Å². The van der Waals surface area contributed by atoms with Crippen molar-refractivity contribution in [2.75, 3.05) is 13.7 Å². The van der Waals surface area contributed by atoms with Crippen LogP contribution in [0.3, 0.4) is 0 Å². The third-order valence-corrected chi connectivity index (χ3v) is 3.44. The lowest BCUT2D eigenvalue weighted by atomic mass is 9.93. The maximum Gasteiger partial charge on any atom is 0.330 e. The molecule has 1 amide bonds. The van der Waals surface area contributed by atoms with E-state index in [0.29, 0.717) is 23.2 Å². The van der Waals surface area contributed by atoms with Gasteiger partial charge in [-0.05, 0) is 19.8 Å². The Bertz CT molecular complexity index is 613. The minimum atomic E-state index is -0.477. The van der Waals surface area contributed by atoms with Gasteiger partial charge in [-0.3, -0.25) is 9.59 Å². The molecule has 0 saturated carbocycles. The zero-order valence-corrected chi connectivity index (χ0v) is 12.1. The number of amides is 1. The molecule has 0 bridgehead atoms. The van der Waals surface area contributed by atoms with E-state index in [2.05, 4.69) is 15.0 Å². The molecule has 2 N–H and O–H groups in total. The van der Waals surface area contributed by atoms with Crippen LogP contribution in [0, 0.1) is 6.92 Å². The number of fused-ring (bicyclic) bond motifs is 1. The Balaban J connectivity index is 2.10. The first kappa shape index (κ1) is 15.0. The molecule has 0 fully saturated rings. The van der Waals surface area contributed by atoms with Crippen LogP contribution in [0.2, 0.25) is 0 Å².